The van der Waals surface area contributed by atoms with Crippen LogP contribution in [0.25, 0.3) is 0 Å². The number of halogens is 1. The Balaban J connectivity index is 1.43. The molecule has 28 heavy (non-hydrogen) atoms. The maximum atomic E-state index is 14.4. The van der Waals surface area contributed by atoms with E-state index in [0.29, 0.717) is 29.9 Å². The molecular weight excluding hydrogens is 359 g/mol. The molecule has 1 aliphatic heterocycles. The van der Waals surface area contributed by atoms with Crippen LogP contribution in [0.3, 0.4) is 0 Å². The van der Waals surface area contributed by atoms with Crippen molar-refractivity contribution in [2.24, 2.45) is 23.2 Å². The Hall–Kier alpha value is -2.11. The molecule has 1 heterocycles. The van der Waals surface area contributed by atoms with Gasteiger partial charge in [-0.25, -0.2) is 9.18 Å². The van der Waals surface area contributed by atoms with Crippen LogP contribution in [-0.2, 0) is 15.1 Å². The zero-order chi connectivity index (χ0) is 19.7. The minimum Gasteiger partial charge on any atom is -0.469 e. The molecule has 150 valence electrons. The van der Waals surface area contributed by atoms with E-state index in [9.17, 15) is 14.0 Å². The summed E-state index contributed by atoms with van der Waals surface area (Å²) in [6.45, 7) is 2.36. The van der Waals surface area contributed by atoms with E-state index in [0.717, 1.165) is 32.1 Å². The van der Waals surface area contributed by atoms with Gasteiger partial charge in [0.2, 0.25) is 0 Å². The first kappa shape index (κ1) is 18.0. The molecule has 5 nitrogen and oxygen atoms in total. The fourth-order valence-corrected chi connectivity index (χ4v) is 7.03. The standard InChI is InChI=1S/C22H27FN2O3/c1-21(16-5-3-4-6-17(16)23)12-25(20(27)24-21)18-14-7-13-8-15(18)11-22(9-13,10-14)19(26)28-2/h3-6,13-15,18H,7-12H2,1-2H3,(H,24,27). The highest BCUT2D eigenvalue weighted by Crippen LogP contribution is 2.61. The zero-order valence-corrected chi connectivity index (χ0v) is 16.4. The molecule has 5 fully saturated rings. The fraction of sp³-hybridized carbons (Fsp3) is 0.636. The predicted molar refractivity (Wildman–Crippen MR) is 101 cm³/mol. The van der Waals surface area contributed by atoms with E-state index in [-0.39, 0.29) is 29.3 Å². The number of benzene rings is 1. The lowest BCUT2D eigenvalue weighted by atomic mass is 9.47. The number of esters is 1. The Labute approximate surface area is 164 Å². The van der Waals surface area contributed by atoms with Crippen molar-refractivity contribution in [3.05, 3.63) is 35.6 Å². The van der Waals surface area contributed by atoms with Crippen molar-refractivity contribution >= 4 is 12.0 Å². The molecule has 6 rings (SSSR count). The van der Waals surface area contributed by atoms with Crippen LogP contribution in [0.5, 0.6) is 0 Å². The molecule has 3 atom stereocenters. The summed E-state index contributed by atoms with van der Waals surface area (Å²) in [5, 5.41) is 3.05. The molecule has 5 aliphatic rings. The molecule has 4 aliphatic carbocycles. The van der Waals surface area contributed by atoms with Crippen molar-refractivity contribution in [2.45, 2.75) is 50.6 Å². The Morgan fingerprint density at radius 3 is 2.54 bits per heavy atom. The lowest BCUT2D eigenvalue weighted by Gasteiger charge is -2.60. The van der Waals surface area contributed by atoms with Crippen LogP contribution in [-0.4, -0.2) is 36.6 Å². The first-order chi connectivity index (χ1) is 13.3. The van der Waals surface area contributed by atoms with E-state index in [1.54, 1.807) is 12.1 Å². The minimum absolute atomic E-state index is 0.0765. The van der Waals surface area contributed by atoms with Gasteiger partial charge in [0.1, 0.15) is 5.82 Å². The fourth-order valence-electron chi connectivity index (χ4n) is 7.03. The average molecular weight is 386 g/mol. The number of carbonyl (C=O) groups excluding carboxylic acids is 2. The molecule has 6 heteroatoms. The highest BCUT2D eigenvalue weighted by Gasteiger charge is 2.61. The molecule has 1 aromatic carbocycles. The lowest BCUT2D eigenvalue weighted by Crippen LogP contribution is -2.61. The number of urea groups is 1. The van der Waals surface area contributed by atoms with Crippen molar-refractivity contribution in [1.82, 2.24) is 10.2 Å². The van der Waals surface area contributed by atoms with E-state index >= 15 is 0 Å². The summed E-state index contributed by atoms with van der Waals surface area (Å²) < 4.78 is 19.6. The number of amides is 2. The van der Waals surface area contributed by atoms with E-state index in [2.05, 4.69) is 5.32 Å². The number of methoxy groups -OCH3 is 1. The number of carbonyl (C=O) groups is 2. The van der Waals surface area contributed by atoms with Gasteiger partial charge in [0.05, 0.1) is 18.1 Å². The average Bonchev–Trinajstić information content (AvgIpc) is 2.95. The third kappa shape index (κ3) is 2.42. The summed E-state index contributed by atoms with van der Waals surface area (Å²) >= 11 is 0. The van der Waals surface area contributed by atoms with Crippen molar-refractivity contribution in [3.8, 4) is 0 Å². The quantitative estimate of drug-likeness (QED) is 0.810. The zero-order valence-electron chi connectivity index (χ0n) is 16.4. The van der Waals surface area contributed by atoms with Crippen LogP contribution in [0.2, 0.25) is 0 Å². The first-order valence-corrected chi connectivity index (χ1v) is 10.3. The number of ether oxygens (including phenoxy) is 1. The third-order valence-corrected chi connectivity index (χ3v) is 7.80. The number of nitrogens with zero attached hydrogens (tertiary/aromatic N) is 1. The Morgan fingerprint density at radius 1 is 1.21 bits per heavy atom. The number of hydrogen-bond donors (Lipinski definition) is 1. The summed E-state index contributed by atoms with van der Waals surface area (Å²) in [5.41, 5.74) is -0.565. The van der Waals surface area contributed by atoms with Crippen molar-refractivity contribution in [3.63, 3.8) is 0 Å². The largest absolute Gasteiger partial charge is 0.469 e. The monoisotopic (exact) mass is 386 g/mol. The predicted octanol–water partition coefficient (Wildman–Crippen LogP) is 3.43. The van der Waals surface area contributed by atoms with Gasteiger partial charge >= 0.3 is 12.0 Å². The molecule has 0 radical (unpaired) electrons. The smallest absolute Gasteiger partial charge is 0.318 e. The number of nitrogens with one attached hydrogen (secondary N) is 1. The van der Waals surface area contributed by atoms with Crippen LogP contribution in [0.4, 0.5) is 9.18 Å². The molecule has 0 aromatic heterocycles. The molecule has 1 N–H and O–H groups in total. The Kier molecular flexibility index (Phi) is 3.81. The van der Waals surface area contributed by atoms with Gasteiger partial charge in [0, 0.05) is 18.2 Å². The minimum atomic E-state index is -0.739. The van der Waals surface area contributed by atoms with Gasteiger partial charge in [-0.15, -0.1) is 0 Å². The van der Waals surface area contributed by atoms with Crippen molar-refractivity contribution in [2.75, 3.05) is 13.7 Å². The van der Waals surface area contributed by atoms with Gasteiger partial charge in [-0.05, 0) is 62.8 Å². The van der Waals surface area contributed by atoms with Gasteiger partial charge in [-0.2, -0.15) is 0 Å². The SMILES string of the molecule is COC(=O)C12CC3CC(C1)C(N1CC(C)(c4ccccc4F)NC1=O)C(C3)C2. The highest BCUT2D eigenvalue weighted by atomic mass is 19.1. The summed E-state index contributed by atoms with van der Waals surface area (Å²) in [6, 6.07) is 6.68. The van der Waals surface area contributed by atoms with E-state index in [1.807, 2.05) is 17.9 Å². The lowest BCUT2D eigenvalue weighted by molar-refractivity contribution is -0.174. The summed E-state index contributed by atoms with van der Waals surface area (Å²) in [4.78, 5) is 27.4. The Morgan fingerprint density at radius 2 is 1.89 bits per heavy atom. The van der Waals surface area contributed by atoms with E-state index < -0.39 is 5.54 Å². The molecule has 1 saturated heterocycles. The van der Waals surface area contributed by atoms with Crippen molar-refractivity contribution in [1.29, 1.82) is 0 Å². The van der Waals surface area contributed by atoms with Crippen LogP contribution in [0.15, 0.2) is 24.3 Å². The normalized spacial score (nSPS) is 41.2. The second-order valence-electron chi connectivity index (χ2n) is 9.60. The molecule has 3 unspecified atom stereocenters. The van der Waals surface area contributed by atoms with Crippen LogP contribution < -0.4 is 5.32 Å². The van der Waals surface area contributed by atoms with Crippen molar-refractivity contribution < 1.29 is 18.7 Å². The Bertz CT molecular complexity index is 827. The molecule has 0 spiro atoms. The van der Waals surface area contributed by atoms with Crippen LogP contribution in [0.1, 0.15) is 44.6 Å². The van der Waals surface area contributed by atoms with Gasteiger partial charge in [-0.1, -0.05) is 18.2 Å². The molecular formula is C22H27FN2O3. The third-order valence-electron chi connectivity index (χ3n) is 7.80. The van der Waals surface area contributed by atoms with E-state index in [1.165, 1.54) is 13.2 Å². The maximum absolute atomic E-state index is 14.4. The molecule has 1 aromatic rings. The maximum Gasteiger partial charge on any atom is 0.318 e. The van der Waals surface area contributed by atoms with E-state index in [4.69, 9.17) is 4.74 Å². The molecule has 4 saturated carbocycles. The van der Waals surface area contributed by atoms with Gasteiger partial charge < -0.3 is 15.0 Å². The first-order valence-electron chi connectivity index (χ1n) is 10.3. The van der Waals surface area contributed by atoms with Crippen LogP contribution >= 0.6 is 0 Å². The van der Waals surface area contributed by atoms with Crippen LogP contribution in [0, 0.1) is 29.0 Å². The molecule has 4 bridgehead atoms. The number of hydrogen-bond acceptors (Lipinski definition) is 3. The van der Waals surface area contributed by atoms with Gasteiger partial charge in [-0.3, -0.25) is 4.79 Å². The summed E-state index contributed by atoms with van der Waals surface area (Å²) in [5.74, 6) is 0.823. The summed E-state index contributed by atoms with van der Waals surface area (Å²) in [6.07, 6.45) is 4.67. The number of rotatable bonds is 3. The second-order valence-corrected chi connectivity index (χ2v) is 9.60. The highest BCUT2D eigenvalue weighted by molar-refractivity contribution is 5.80. The topological polar surface area (TPSA) is 58.6 Å². The summed E-state index contributed by atoms with van der Waals surface area (Å²) in [7, 11) is 1.48. The van der Waals surface area contributed by atoms with Gasteiger partial charge in [0.25, 0.3) is 0 Å². The van der Waals surface area contributed by atoms with Gasteiger partial charge in [0.15, 0.2) is 0 Å². The second kappa shape index (κ2) is 5.94. The molecule has 2 amide bonds.